The summed E-state index contributed by atoms with van der Waals surface area (Å²) in [4.78, 5) is 4.01. The predicted molar refractivity (Wildman–Crippen MR) is 51.1 cm³/mol. The number of oxazole rings is 1. The van der Waals surface area contributed by atoms with Gasteiger partial charge in [-0.05, 0) is 19.1 Å². The molecule has 0 atom stereocenters. The lowest BCUT2D eigenvalue weighted by Crippen LogP contribution is -1.89. The van der Waals surface area contributed by atoms with E-state index in [4.69, 9.17) is 10.2 Å². The lowest BCUT2D eigenvalue weighted by Gasteiger charge is -2.01. The molecule has 0 saturated carbocycles. The standard InChI is InChI=1S/C10H10N2O/c1-7-10(13-6-12-7)8-4-2-3-5-9(8)11/h2-6H,11H2,1H3. The Bertz CT molecular complexity index is 420. The van der Waals surface area contributed by atoms with Crippen LogP contribution in [-0.2, 0) is 0 Å². The lowest BCUT2D eigenvalue weighted by molar-refractivity contribution is 0.571. The van der Waals surface area contributed by atoms with Gasteiger partial charge in [0, 0.05) is 11.3 Å². The molecule has 3 nitrogen and oxygen atoms in total. The molecule has 0 aliphatic heterocycles. The Balaban J connectivity index is 2.59. The van der Waals surface area contributed by atoms with Crippen molar-refractivity contribution < 1.29 is 4.42 Å². The summed E-state index contributed by atoms with van der Waals surface area (Å²) in [6.07, 6.45) is 1.43. The molecule has 0 unspecified atom stereocenters. The van der Waals surface area contributed by atoms with Crippen molar-refractivity contribution in [2.45, 2.75) is 6.92 Å². The molecule has 66 valence electrons. The first-order valence-corrected chi connectivity index (χ1v) is 4.04. The normalized spacial score (nSPS) is 10.2. The van der Waals surface area contributed by atoms with Crippen LogP contribution in [0.3, 0.4) is 0 Å². The van der Waals surface area contributed by atoms with Gasteiger partial charge in [-0.15, -0.1) is 0 Å². The summed E-state index contributed by atoms with van der Waals surface area (Å²) >= 11 is 0. The zero-order valence-corrected chi connectivity index (χ0v) is 7.32. The van der Waals surface area contributed by atoms with Crippen LogP contribution in [0.1, 0.15) is 5.69 Å². The monoisotopic (exact) mass is 174 g/mol. The van der Waals surface area contributed by atoms with Crippen molar-refractivity contribution >= 4 is 5.69 Å². The maximum atomic E-state index is 5.79. The lowest BCUT2D eigenvalue weighted by atomic mass is 10.1. The van der Waals surface area contributed by atoms with E-state index < -0.39 is 0 Å². The summed E-state index contributed by atoms with van der Waals surface area (Å²) in [6.45, 7) is 1.89. The first-order valence-electron chi connectivity index (χ1n) is 4.04. The molecule has 0 radical (unpaired) electrons. The molecule has 1 aromatic carbocycles. The van der Waals surface area contributed by atoms with Crippen molar-refractivity contribution in [1.29, 1.82) is 0 Å². The summed E-state index contributed by atoms with van der Waals surface area (Å²) in [6, 6.07) is 7.58. The fraction of sp³-hybridized carbons (Fsp3) is 0.100. The average Bonchev–Trinajstić information content (AvgIpc) is 2.52. The highest BCUT2D eigenvalue weighted by Crippen LogP contribution is 2.27. The van der Waals surface area contributed by atoms with Gasteiger partial charge in [0.2, 0.25) is 0 Å². The Morgan fingerprint density at radius 3 is 2.69 bits per heavy atom. The molecule has 0 saturated heterocycles. The molecule has 13 heavy (non-hydrogen) atoms. The van der Waals surface area contributed by atoms with Crippen LogP contribution in [0.4, 0.5) is 5.69 Å². The van der Waals surface area contributed by atoms with Gasteiger partial charge in [0.05, 0.1) is 5.69 Å². The van der Waals surface area contributed by atoms with Gasteiger partial charge >= 0.3 is 0 Å². The van der Waals surface area contributed by atoms with Crippen LogP contribution < -0.4 is 5.73 Å². The first kappa shape index (κ1) is 7.86. The molecule has 0 aliphatic carbocycles. The number of nitrogens with two attached hydrogens (primary N) is 1. The van der Waals surface area contributed by atoms with Gasteiger partial charge in [0.25, 0.3) is 0 Å². The molecular weight excluding hydrogens is 164 g/mol. The Kier molecular flexibility index (Phi) is 1.77. The summed E-state index contributed by atoms with van der Waals surface area (Å²) in [5, 5.41) is 0. The second-order valence-corrected chi connectivity index (χ2v) is 2.85. The molecule has 2 aromatic rings. The van der Waals surface area contributed by atoms with Crippen molar-refractivity contribution in [1.82, 2.24) is 4.98 Å². The molecule has 1 aromatic heterocycles. The second-order valence-electron chi connectivity index (χ2n) is 2.85. The van der Waals surface area contributed by atoms with Crippen LogP contribution in [0.5, 0.6) is 0 Å². The van der Waals surface area contributed by atoms with E-state index in [0.29, 0.717) is 5.69 Å². The molecule has 0 amide bonds. The highest BCUT2D eigenvalue weighted by molar-refractivity contribution is 5.73. The van der Waals surface area contributed by atoms with Gasteiger partial charge in [0.1, 0.15) is 0 Å². The van der Waals surface area contributed by atoms with Crippen LogP contribution in [0, 0.1) is 6.92 Å². The molecule has 3 heteroatoms. The Morgan fingerprint density at radius 1 is 1.31 bits per heavy atom. The minimum Gasteiger partial charge on any atom is -0.443 e. The SMILES string of the molecule is Cc1ncoc1-c1ccccc1N. The number of anilines is 1. The maximum Gasteiger partial charge on any atom is 0.181 e. The summed E-state index contributed by atoms with van der Waals surface area (Å²) in [7, 11) is 0. The first-order chi connectivity index (χ1) is 6.29. The number of para-hydroxylation sites is 1. The average molecular weight is 174 g/mol. The number of aryl methyl sites for hydroxylation is 1. The van der Waals surface area contributed by atoms with Gasteiger partial charge in [0.15, 0.2) is 12.2 Å². The Hall–Kier alpha value is -1.77. The molecule has 0 fully saturated rings. The molecule has 0 aliphatic rings. The third-order valence-electron chi connectivity index (χ3n) is 1.95. The van der Waals surface area contributed by atoms with Crippen molar-refractivity contribution in [3.8, 4) is 11.3 Å². The maximum absolute atomic E-state index is 5.79. The highest BCUT2D eigenvalue weighted by Gasteiger charge is 2.08. The quantitative estimate of drug-likeness (QED) is 0.674. The molecule has 2 N–H and O–H groups in total. The van der Waals surface area contributed by atoms with Gasteiger partial charge < -0.3 is 10.2 Å². The molecule has 0 bridgehead atoms. The fourth-order valence-electron chi connectivity index (χ4n) is 1.26. The molecule has 1 heterocycles. The van der Waals surface area contributed by atoms with Crippen LogP contribution in [0.15, 0.2) is 35.1 Å². The van der Waals surface area contributed by atoms with E-state index in [9.17, 15) is 0 Å². The Labute approximate surface area is 76.2 Å². The fourth-order valence-corrected chi connectivity index (χ4v) is 1.26. The number of nitrogens with zero attached hydrogens (tertiary/aromatic N) is 1. The number of hydrogen-bond donors (Lipinski definition) is 1. The van der Waals surface area contributed by atoms with E-state index in [1.807, 2.05) is 31.2 Å². The van der Waals surface area contributed by atoms with Crippen LogP contribution in [0.2, 0.25) is 0 Å². The number of nitrogen functional groups attached to an aromatic ring is 1. The van der Waals surface area contributed by atoms with Crippen molar-refractivity contribution in [3.05, 3.63) is 36.4 Å². The van der Waals surface area contributed by atoms with E-state index >= 15 is 0 Å². The Morgan fingerprint density at radius 2 is 2.08 bits per heavy atom. The van der Waals surface area contributed by atoms with E-state index in [0.717, 1.165) is 17.0 Å². The van der Waals surface area contributed by atoms with Crippen molar-refractivity contribution in [2.75, 3.05) is 5.73 Å². The van der Waals surface area contributed by atoms with Gasteiger partial charge in [-0.1, -0.05) is 12.1 Å². The topological polar surface area (TPSA) is 52.0 Å². The molecular formula is C10H10N2O. The number of aromatic nitrogens is 1. The summed E-state index contributed by atoms with van der Waals surface area (Å²) in [5.41, 5.74) is 8.26. The second kappa shape index (κ2) is 2.94. The number of hydrogen-bond acceptors (Lipinski definition) is 3. The van der Waals surface area contributed by atoms with Crippen LogP contribution >= 0.6 is 0 Å². The van der Waals surface area contributed by atoms with E-state index in [2.05, 4.69) is 4.98 Å². The third-order valence-corrected chi connectivity index (χ3v) is 1.95. The minimum atomic E-state index is 0.711. The summed E-state index contributed by atoms with van der Waals surface area (Å²) < 4.78 is 5.24. The molecule has 2 rings (SSSR count). The smallest absolute Gasteiger partial charge is 0.181 e. The van der Waals surface area contributed by atoms with Gasteiger partial charge in [-0.25, -0.2) is 4.98 Å². The van der Waals surface area contributed by atoms with E-state index in [-0.39, 0.29) is 0 Å². The zero-order valence-electron chi connectivity index (χ0n) is 7.32. The number of rotatable bonds is 1. The third kappa shape index (κ3) is 1.28. The van der Waals surface area contributed by atoms with E-state index in [1.165, 1.54) is 6.39 Å². The largest absolute Gasteiger partial charge is 0.443 e. The predicted octanol–water partition coefficient (Wildman–Crippen LogP) is 2.23. The summed E-state index contributed by atoms with van der Waals surface area (Å²) in [5.74, 6) is 0.748. The van der Waals surface area contributed by atoms with Gasteiger partial charge in [-0.3, -0.25) is 0 Å². The van der Waals surface area contributed by atoms with E-state index in [1.54, 1.807) is 0 Å². The van der Waals surface area contributed by atoms with Crippen LogP contribution in [0.25, 0.3) is 11.3 Å². The molecule has 0 spiro atoms. The highest BCUT2D eigenvalue weighted by atomic mass is 16.3. The zero-order chi connectivity index (χ0) is 9.26. The van der Waals surface area contributed by atoms with Crippen molar-refractivity contribution in [3.63, 3.8) is 0 Å². The van der Waals surface area contributed by atoms with Crippen LogP contribution in [-0.4, -0.2) is 4.98 Å². The number of benzene rings is 1. The van der Waals surface area contributed by atoms with Gasteiger partial charge in [-0.2, -0.15) is 0 Å². The van der Waals surface area contributed by atoms with Crippen molar-refractivity contribution in [2.24, 2.45) is 0 Å². The minimum absolute atomic E-state index is 0.711.